The molecule has 2 aliphatic rings. The van der Waals surface area contributed by atoms with E-state index in [1.165, 1.54) is 24.9 Å². The number of benzene rings is 1. The Hall–Kier alpha value is -1.35. The second-order valence-corrected chi connectivity index (χ2v) is 6.51. The average Bonchev–Trinajstić information content (AvgIpc) is 3.33. The molecule has 3 nitrogen and oxygen atoms in total. The molecule has 1 aliphatic heterocycles. The van der Waals surface area contributed by atoms with Crippen LogP contribution in [0.15, 0.2) is 30.3 Å². The van der Waals surface area contributed by atoms with Crippen molar-refractivity contribution in [3.63, 3.8) is 0 Å². The van der Waals surface area contributed by atoms with Crippen molar-refractivity contribution >= 4 is 5.91 Å². The quantitative estimate of drug-likeness (QED) is 0.872. The first-order valence-electron chi connectivity index (χ1n) is 8.38. The highest BCUT2D eigenvalue weighted by Crippen LogP contribution is 2.29. The second-order valence-electron chi connectivity index (χ2n) is 6.51. The summed E-state index contributed by atoms with van der Waals surface area (Å²) >= 11 is 0. The molecular formula is C18H26N2O. The van der Waals surface area contributed by atoms with Gasteiger partial charge in [0.25, 0.3) is 0 Å². The number of carbonyl (C=O) groups excluding carboxylic acids is 1. The topological polar surface area (TPSA) is 32.3 Å². The van der Waals surface area contributed by atoms with E-state index in [9.17, 15) is 4.79 Å². The summed E-state index contributed by atoms with van der Waals surface area (Å²) in [4.78, 5) is 14.4. The summed E-state index contributed by atoms with van der Waals surface area (Å²) < 4.78 is 0. The fourth-order valence-corrected chi connectivity index (χ4v) is 3.19. The second kappa shape index (κ2) is 7.08. The summed E-state index contributed by atoms with van der Waals surface area (Å²) in [7, 11) is 0. The van der Waals surface area contributed by atoms with Crippen molar-refractivity contribution in [2.24, 2.45) is 5.92 Å². The van der Waals surface area contributed by atoms with Gasteiger partial charge in [-0.15, -0.1) is 0 Å². The summed E-state index contributed by atoms with van der Waals surface area (Å²) in [5.41, 5.74) is 1.42. The molecule has 1 N–H and O–H groups in total. The molecule has 1 atom stereocenters. The van der Waals surface area contributed by atoms with Crippen molar-refractivity contribution in [3.8, 4) is 0 Å². The van der Waals surface area contributed by atoms with E-state index < -0.39 is 0 Å². The molecule has 0 aromatic heterocycles. The Kier molecular flexibility index (Phi) is 4.91. The summed E-state index contributed by atoms with van der Waals surface area (Å²) in [6.07, 6.45) is 6.90. The van der Waals surface area contributed by atoms with Gasteiger partial charge in [-0.25, -0.2) is 0 Å². The molecule has 3 rings (SSSR count). The number of amides is 1. The normalized spacial score (nSPS) is 23.0. The standard InChI is InChI=1S/C18H26N2O/c21-18(16-10-11-16)19-17-9-5-13-20(14-17)12-4-8-15-6-2-1-3-7-15/h1-3,6-7,16-17H,4-5,8-14H2,(H,19,21). The van der Waals surface area contributed by atoms with Crippen LogP contribution in [0.2, 0.25) is 0 Å². The molecule has 114 valence electrons. The predicted octanol–water partition coefficient (Wildman–Crippen LogP) is 2.61. The van der Waals surface area contributed by atoms with Gasteiger partial charge < -0.3 is 10.2 Å². The van der Waals surface area contributed by atoms with Crippen LogP contribution in [0.5, 0.6) is 0 Å². The lowest BCUT2D eigenvalue weighted by Crippen LogP contribution is -2.48. The monoisotopic (exact) mass is 286 g/mol. The molecule has 1 saturated carbocycles. The Balaban J connectivity index is 1.38. The van der Waals surface area contributed by atoms with Gasteiger partial charge in [-0.1, -0.05) is 30.3 Å². The van der Waals surface area contributed by atoms with E-state index in [1.807, 2.05) is 0 Å². The Morgan fingerprint density at radius 3 is 2.76 bits per heavy atom. The Labute approximate surface area is 127 Å². The molecule has 0 spiro atoms. The van der Waals surface area contributed by atoms with Crippen molar-refractivity contribution in [3.05, 3.63) is 35.9 Å². The van der Waals surface area contributed by atoms with Gasteiger partial charge in [0.1, 0.15) is 0 Å². The number of aryl methyl sites for hydroxylation is 1. The maximum atomic E-state index is 11.8. The first-order chi connectivity index (χ1) is 10.3. The van der Waals surface area contributed by atoms with Crippen LogP contribution in [0.1, 0.15) is 37.7 Å². The lowest BCUT2D eigenvalue weighted by atomic mass is 10.0. The lowest BCUT2D eigenvalue weighted by Gasteiger charge is -2.33. The van der Waals surface area contributed by atoms with Gasteiger partial charge in [-0.05, 0) is 57.2 Å². The van der Waals surface area contributed by atoms with E-state index in [1.54, 1.807) is 0 Å². The summed E-state index contributed by atoms with van der Waals surface area (Å²) in [5, 5.41) is 3.24. The van der Waals surface area contributed by atoms with E-state index in [2.05, 4.69) is 40.5 Å². The number of piperidine rings is 1. The minimum Gasteiger partial charge on any atom is -0.352 e. The minimum atomic E-state index is 0.297. The Morgan fingerprint density at radius 1 is 1.19 bits per heavy atom. The van der Waals surface area contributed by atoms with Gasteiger partial charge in [-0.3, -0.25) is 4.79 Å². The molecular weight excluding hydrogens is 260 g/mol. The van der Waals surface area contributed by atoms with Gasteiger partial charge in [-0.2, -0.15) is 0 Å². The molecule has 3 heteroatoms. The largest absolute Gasteiger partial charge is 0.352 e. The van der Waals surface area contributed by atoms with E-state index in [-0.39, 0.29) is 0 Å². The molecule has 1 aromatic rings. The zero-order valence-corrected chi connectivity index (χ0v) is 12.8. The predicted molar refractivity (Wildman–Crippen MR) is 85.1 cm³/mol. The fraction of sp³-hybridized carbons (Fsp3) is 0.611. The molecule has 21 heavy (non-hydrogen) atoms. The SMILES string of the molecule is O=C(NC1CCCN(CCCc2ccccc2)C1)C1CC1. The third kappa shape index (κ3) is 4.57. The van der Waals surface area contributed by atoms with E-state index in [0.717, 1.165) is 38.8 Å². The third-order valence-electron chi connectivity index (χ3n) is 4.58. The fourth-order valence-electron chi connectivity index (χ4n) is 3.19. The van der Waals surface area contributed by atoms with Crippen LogP contribution in [0, 0.1) is 5.92 Å². The Morgan fingerprint density at radius 2 is 2.00 bits per heavy atom. The highest BCUT2D eigenvalue weighted by molar-refractivity contribution is 5.81. The molecule has 1 saturated heterocycles. The van der Waals surface area contributed by atoms with Crippen molar-refractivity contribution < 1.29 is 4.79 Å². The zero-order chi connectivity index (χ0) is 14.5. The molecule has 2 fully saturated rings. The van der Waals surface area contributed by atoms with Gasteiger partial charge in [0.2, 0.25) is 5.91 Å². The van der Waals surface area contributed by atoms with Crippen molar-refractivity contribution in [2.45, 2.75) is 44.6 Å². The van der Waals surface area contributed by atoms with Crippen LogP contribution in [-0.4, -0.2) is 36.5 Å². The van der Waals surface area contributed by atoms with Crippen LogP contribution in [0.3, 0.4) is 0 Å². The van der Waals surface area contributed by atoms with Gasteiger partial charge in [0, 0.05) is 18.5 Å². The van der Waals surface area contributed by atoms with Crippen LogP contribution >= 0.6 is 0 Å². The number of likely N-dealkylation sites (tertiary alicyclic amines) is 1. The summed E-state index contributed by atoms with van der Waals surface area (Å²) in [6.45, 7) is 3.36. The third-order valence-corrected chi connectivity index (χ3v) is 4.58. The Bertz CT molecular complexity index is 456. The smallest absolute Gasteiger partial charge is 0.223 e. The summed E-state index contributed by atoms with van der Waals surface area (Å²) in [6, 6.07) is 11.1. The van der Waals surface area contributed by atoms with Gasteiger partial charge >= 0.3 is 0 Å². The first-order valence-corrected chi connectivity index (χ1v) is 8.38. The van der Waals surface area contributed by atoms with Crippen LogP contribution < -0.4 is 5.32 Å². The molecule has 0 bridgehead atoms. The number of nitrogens with zero attached hydrogens (tertiary/aromatic N) is 1. The van der Waals surface area contributed by atoms with Crippen LogP contribution in [0.25, 0.3) is 0 Å². The molecule has 1 heterocycles. The van der Waals surface area contributed by atoms with Crippen molar-refractivity contribution in [1.82, 2.24) is 10.2 Å². The van der Waals surface area contributed by atoms with Crippen molar-refractivity contribution in [1.29, 1.82) is 0 Å². The maximum absolute atomic E-state index is 11.8. The van der Waals surface area contributed by atoms with E-state index in [4.69, 9.17) is 0 Å². The van der Waals surface area contributed by atoms with Gasteiger partial charge in [0.15, 0.2) is 0 Å². The van der Waals surface area contributed by atoms with Crippen molar-refractivity contribution in [2.75, 3.05) is 19.6 Å². The number of hydrogen-bond donors (Lipinski definition) is 1. The lowest BCUT2D eigenvalue weighted by molar-refractivity contribution is -0.123. The molecule has 1 amide bonds. The van der Waals surface area contributed by atoms with Crippen LogP contribution in [0.4, 0.5) is 0 Å². The highest BCUT2D eigenvalue weighted by atomic mass is 16.2. The molecule has 1 aliphatic carbocycles. The number of rotatable bonds is 6. The van der Waals surface area contributed by atoms with E-state index >= 15 is 0 Å². The maximum Gasteiger partial charge on any atom is 0.223 e. The molecule has 0 radical (unpaired) electrons. The minimum absolute atomic E-state index is 0.297. The van der Waals surface area contributed by atoms with Gasteiger partial charge in [0.05, 0.1) is 0 Å². The number of nitrogens with one attached hydrogen (secondary N) is 1. The van der Waals surface area contributed by atoms with E-state index in [0.29, 0.717) is 17.9 Å². The average molecular weight is 286 g/mol. The first kappa shape index (κ1) is 14.6. The van der Waals surface area contributed by atoms with Crippen LogP contribution in [-0.2, 0) is 11.2 Å². The number of carbonyl (C=O) groups is 1. The molecule has 1 aromatic carbocycles. The zero-order valence-electron chi connectivity index (χ0n) is 12.8. The highest BCUT2D eigenvalue weighted by Gasteiger charge is 2.31. The summed E-state index contributed by atoms with van der Waals surface area (Å²) in [5.74, 6) is 0.629. The number of hydrogen-bond acceptors (Lipinski definition) is 2. The molecule has 1 unspecified atom stereocenters.